The lowest BCUT2D eigenvalue weighted by atomic mass is 10.3. The van der Waals surface area contributed by atoms with Gasteiger partial charge in [-0.3, -0.25) is 11.3 Å². The van der Waals surface area contributed by atoms with Crippen molar-refractivity contribution in [2.75, 3.05) is 0 Å². The number of halogens is 2. The quantitative estimate of drug-likeness (QED) is 0.464. The van der Waals surface area contributed by atoms with Crippen LogP contribution in [0.5, 0.6) is 0 Å². The molecule has 0 aromatic carbocycles. The average Bonchev–Trinajstić information content (AvgIpc) is 1.98. The van der Waals surface area contributed by atoms with Crippen LogP contribution in [0, 0.1) is 0 Å². The number of pyridine rings is 1. The zero-order valence-electron chi connectivity index (χ0n) is 5.64. The van der Waals surface area contributed by atoms with E-state index in [1.165, 1.54) is 0 Å². The third kappa shape index (κ3) is 2.41. The van der Waals surface area contributed by atoms with Gasteiger partial charge in [-0.25, -0.2) is 4.98 Å². The van der Waals surface area contributed by atoms with Crippen LogP contribution in [0.15, 0.2) is 16.7 Å². The van der Waals surface area contributed by atoms with Crippen LogP contribution < -0.4 is 11.3 Å². The van der Waals surface area contributed by atoms with E-state index in [1.807, 2.05) is 0 Å². The van der Waals surface area contributed by atoms with E-state index in [0.717, 1.165) is 10.0 Å². The molecule has 60 valence electrons. The molecule has 1 rings (SSSR count). The van der Waals surface area contributed by atoms with Crippen LogP contribution in [0.1, 0.15) is 5.56 Å². The first-order valence-electron chi connectivity index (χ1n) is 2.97. The number of nitrogens with zero attached hydrogens (tertiary/aromatic N) is 1. The highest BCUT2D eigenvalue weighted by atomic mass is 79.9. The Bertz CT molecular complexity index is 254. The number of nitrogens with one attached hydrogen (secondary N) is 1. The Morgan fingerprint density at radius 3 is 3.09 bits per heavy atom. The van der Waals surface area contributed by atoms with Crippen LogP contribution in [0.3, 0.4) is 0 Å². The van der Waals surface area contributed by atoms with E-state index in [4.69, 9.17) is 17.4 Å². The van der Waals surface area contributed by atoms with Crippen molar-refractivity contribution in [1.82, 2.24) is 10.4 Å². The number of nitrogens with two attached hydrogens (primary N) is 1. The van der Waals surface area contributed by atoms with Crippen molar-refractivity contribution >= 4 is 27.5 Å². The molecule has 0 radical (unpaired) electrons. The van der Waals surface area contributed by atoms with Gasteiger partial charge in [0.15, 0.2) is 0 Å². The fraction of sp³-hybridized carbons (Fsp3) is 0.167. The molecule has 0 saturated carbocycles. The van der Waals surface area contributed by atoms with E-state index in [1.54, 1.807) is 12.3 Å². The fourth-order valence-electron chi connectivity index (χ4n) is 0.697. The summed E-state index contributed by atoms with van der Waals surface area (Å²) in [6, 6.07) is 1.76. The number of hydrazine groups is 1. The van der Waals surface area contributed by atoms with Gasteiger partial charge in [-0.2, -0.15) is 0 Å². The highest BCUT2D eigenvalue weighted by Gasteiger charge is 1.99. The summed E-state index contributed by atoms with van der Waals surface area (Å²) in [6.45, 7) is 0.572. The summed E-state index contributed by atoms with van der Waals surface area (Å²) < 4.78 is 0.903. The van der Waals surface area contributed by atoms with Gasteiger partial charge in [-0.05, 0) is 27.6 Å². The Kier molecular flexibility index (Phi) is 3.26. The minimum Gasteiger partial charge on any atom is -0.271 e. The highest BCUT2D eigenvalue weighted by molar-refractivity contribution is 9.10. The molecule has 11 heavy (non-hydrogen) atoms. The average molecular weight is 236 g/mol. The zero-order chi connectivity index (χ0) is 8.27. The van der Waals surface area contributed by atoms with Crippen molar-refractivity contribution in [2.24, 2.45) is 5.84 Å². The Morgan fingerprint density at radius 2 is 2.45 bits per heavy atom. The molecule has 0 aliphatic carbocycles. The fourth-order valence-corrected chi connectivity index (χ4v) is 1.23. The van der Waals surface area contributed by atoms with Gasteiger partial charge in [0.25, 0.3) is 0 Å². The predicted molar refractivity (Wildman–Crippen MR) is 48.0 cm³/mol. The van der Waals surface area contributed by atoms with Crippen LogP contribution >= 0.6 is 27.5 Å². The second-order valence-electron chi connectivity index (χ2n) is 1.98. The van der Waals surface area contributed by atoms with E-state index in [2.05, 4.69) is 26.3 Å². The van der Waals surface area contributed by atoms with Crippen LogP contribution in [-0.4, -0.2) is 4.98 Å². The van der Waals surface area contributed by atoms with Crippen LogP contribution in [0.2, 0.25) is 5.15 Å². The third-order valence-electron chi connectivity index (χ3n) is 1.19. The summed E-state index contributed by atoms with van der Waals surface area (Å²) >= 11 is 8.97. The maximum atomic E-state index is 5.65. The third-order valence-corrected chi connectivity index (χ3v) is 2.11. The van der Waals surface area contributed by atoms with Gasteiger partial charge in [-0.1, -0.05) is 11.6 Å². The van der Waals surface area contributed by atoms with Crippen LogP contribution in [0.25, 0.3) is 0 Å². The second-order valence-corrected chi connectivity index (χ2v) is 3.22. The first-order chi connectivity index (χ1) is 5.24. The molecule has 0 aliphatic rings. The first kappa shape index (κ1) is 8.93. The molecule has 0 aliphatic heterocycles. The molecule has 3 N–H and O–H groups in total. The monoisotopic (exact) mass is 235 g/mol. The molecule has 3 nitrogen and oxygen atoms in total. The summed E-state index contributed by atoms with van der Waals surface area (Å²) in [7, 11) is 0. The topological polar surface area (TPSA) is 50.9 Å². The smallest absolute Gasteiger partial charge is 0.129 e. The van der Waals surface area contributed by atoms with Crippen LogP contribution in [-0.2, 0) is 6.54 Å². The first-order valence-corrected chi connectivity index (χ1v) is 4.14. The zero-order valence-corrected chi connectivity index (χ0v) is 7.98. The number of hydrogen-bond donors (Lipinski definition) is 2. The Hall–Kier alpha value is -0.160. The summed E-state index contributed by atoms with van der Waals surface area (Å²) in [4.78, 5) is 3.87. The van der Waals surface area contributed by atoms with Crippen molar-refractivity contribution < 1.29 is 0 Å². The predicted octanol–water partition coefficient (Wildman–Crippen LogP) is 1.46. The molecule has 0 bridgehead atoms. The number of rotatable bonds is 2. The van der Waals surface area contributed by atoms with Crippen molar-refractivity contribution in [3.8, 4) is 0 Å². The normalized spacial score (nSPS) is 10.1. The number of aromatic nitrogens is 1. The summed E-state index contributed by atoms with van der Waals surface area (Å²) in [5, 5.41) is 0.471. The standard InChI is InChI=1S/C6H7BrClN3/c7-5-3-10-6(8)1-4(5)2-11-9/h1,3,11H,2,9H2. The minimum absolute atomic E-state index is 0.471. The highest BCUT2D eigenvalue weighted by Crippen LogP contribution is 2.17. The van der Waals surface area contributed by atoms with E-state index < -0.39 is 0 Å². The molecule has 1 heterocycles. The van der Waals surface area contributed by atoms with Gasteiger partial charge >= 0.3 is 0 Å². The molecular formula is C6H7BrClN3. The van der Waals surface area contributed by atoms with E-state index in [-0.39, 0.29) is 0 Å². The van der Waals surface area contributed by atoms with Gasteiger partial charge in [-0.15, -0.1) is 0 Å². The molecule has 1 aromatic rings. The summed E-state index contributed by atoms with van der Waals surface area (Å²) in [5.41, 5.74) is 3.53. The van der Waals surface area contributed by atoms with Crippen molar-refractivity contribution in [3.63, 3.8) is 0 Å². The van der Waals surface area contributed by atoms with E-state index in [0.29, 0.717) is 11.7 Å². The maximum absolute atomic E-state index is 5.65. The Balaban J connectivity index is 2.93. The van der Waals surface area contributed by atoms with Gasteiger partial charge in [0.1, 0.15) is 5.15 Å². The molecule has 0 atom stereocenters. The van der Waals surface area contributed by atoms with Gasteiger partial charge in [0.2, 0.25) is 0 Å². The minimum atomic E-state index is 0.471. The molecule has 0 fully saturated rings. The summed E-state index contributed by atoms with van der Waals surface area (Å²) in [6.07, 6.45) is 1.65. The van der Waals surface area contributed by atoms with E-state index in [9.17, 15) is 0 Å². The summed E-state index contributed by atoms with van der Waals surface area (Å²) in [5.74, 6) is 5.15. The molecule has 0 amide bonds. The maximum Gasteiger partial charge on any atom is 0.129 e. The van der Waals surface area contributed by atoms with Crippen molar-refractivity contribution in [2.45, 2.75) is 6.54 Å². The van der Waals surface area contributed by atoms with Gasteiger partial charge < -0.3 is 0 Å². The lowest BCUT2D eigenvalue weighted by Gasteiger charge is -2.02. The van der Waals surface area contributed by atoms with E-state index >= 15 is 0 Å². The molecular weight excluding hydrogens is 229 g/mol. The molecule has 0 unspecified atom stereocenters. The molecule has 0 saturated heterocycles. The van der Waals surface area contributed by atoms with Gasteiger partial charge in [0, 0.05) is 17.2 Å². The SMILES string of the molecule is NNCc1cc(Cl)ncc1Br. The Morgan fingerprint density at radius 1 is 1.73 bits per heavy atom. The second kappa shape index (κ2) is 4.01. The lowest BCUT2D eigenvalue weighted by molar-refractivity contribution is 0.738. The van der Waals surface area contributed by atoms with Gasteiger partial charge in [0.05, 0.1) is 0 Å². The number of hydrogen-bond acceptors (Lipinski definition) is 3. The lowest BCUT2D eigenvalue weighted by Crippen LogP contribution is -2.21. The molecule has 1 aromatic heterocycles. The molecule has 0 spiro atoms. The van der Waals surface area contributed by atoms with Crippen molar-refractivity contribution in [3.05, 3.63) is 27.5 Å². The largest absolute Gasteiger partial charge is 0.271 e. The Labute approximate surface area is 78.0 Å². The van der Waals surface area contributed by atoms with Crippen molar-refractivity contribution in [1.29, 1.82) is 0 Å². The van der Waals surface area contributed by atoms with Crippen LogP contribution in [0.4, 0.5) is 0 Å². The molecule has 5 heteroatoms.